The highest BCUT2D eigenvalue weighted by Gasteiger charge is 2.23. The number of rotatable bonds is 9. The van der Waals surface area contributed by atoms with Crippen LogP contribution in [0.25, 0.3) is 22.3 Å². The van der Waals surface area contributed by atoms with Crippen LogP contribution in [0.1, 0.15) is 12.5 Å². The highest BCUT2D eigenvalue weighted by Crippen LogP contribution is 2.31. The number of nitrogens with zero attached hydrogens (tertiary/aromatic N) is 5. The summed E-state index contributed by atoms with van der Waals surface area (Å²) in [5.74, 6) is 1.77. The molecule has 1 atom stereocenters. The zero-order valence-electron chi connectivity index (χ0n) is 19.5. The van der Waals surface area contributed by atoms with Gasteiger partial charge in [-0.25, -0.2) is 4.98 Å². The van der Waals surface area contributed by atoms with Gasteiger partial charge in [-0.1, -0.05) is 0 Å². The predicted octanol–water partition coefficient (Wildman–Crippen LogP) is 1.21. The Labute approximate surface area is 198 Å². The third kappa shape index (κ3) is 4.90. The Morgan fingerprint density at radius 3 is 2.56 bits per heavy atom. The van der Waals surface area contributed by atoms with Crippen molar-refractivity contribution in [2.75, 3.05) is 63.0 Å². The molecule has 2 aromatic heterocycles. The molecule has 3 heterocycles. The van der Waals surface area contributed by atoms with Gasteiger partial charge in [-0.3, -0.25) is 0 Å². The van der Waals surface area contributed by atoms with Gasteiger partial charge in [0, 0.05) is 30.8 Å². The molecule has 182 valence electrons. The van der Waals surface area contributed by atoms with Gasteiger partial charge in [0.25, 0.3) is 0 Å². The number of fused-ring (bicyclic) bond motifs is 1. The lowest BCUT2D eigenvalue weighted by Crippen LogP contribution is -2.40. The third-order valence-electron chi connectivity index (χ3n) is 5.98. The second kappa shape index (κ2) is 10.9. The van der Waals surface area contributed by atoms with Gasteiger partial charge in [-0.2, -0.15) is 9.97 Å². The number of anilines is 2. The van der Waals surface area contributed by atoms with E-state index in [9.17, 15) is 15.3 Å². The average molecular weight is 470 g/mol. The number of hydrogen-bond donors (Lipinski definition) is 3. The van der Waals surface area contributed by atoms with Crippen LogP contribution in [-0.2, 0) is 11.3 Å². The molecule has 1 aromatic carbocycles. The lowest BCUT2D eigenvalue weighted by Gasteiger charge is -2.31. The van der Waals surface area contributed by atoms with Gasteiger partial charge in [0.2, 0.25) is 5.95 Å². The number of aliphatic hydroxyl groups is 3. The van der Waals surface area contributed by atoms with Crippen LogP contribution >= 0.6 is 0 Å². The van der Waals surface area contributed by atoms with E-state index < -0.39 is 0 Å². The second-order valence-corrected chi connectivity index (χ2v) is 8.15. The smallest absolute Gasteiger partial charge is 0.229 e. The number of pyridine rings is 1. The normalized spacial score (nSPS) is 14.9. The molecule has 1 saturated heterocycles. The summed E-state index contributed by atoms with van der Waals surface area (Å²) in [5, 5.41) is 29.9. The Bertz CT molecular complexity index is 1120. The molecule has 10 nitrogen and oxygen atoms in total. The minimum Gasteiger partial charge on any atom is -0.496 e. The van der Waals surface area contributed by atoms with Gasteiger partial charge in [0.05, 0.1) is 57.3 Å². The van der Waals surface area contributed by atoms with Gasteiger partial charge in [0.1, 0.15) is 11.6 Å². The standard InChI is InChI=1S/C24H31N5O5/c1-16(14-31)29(7-10-30)24-26-22-19(23(27-24)28-8-11-34-12-9-28)4-5-20(25-22)17-3-6-21(33-2)18(13-17)15-32/h3-6,13,16,30-32H,7-12,14-15H2,1-2H3. The number of aliphatic hydroxyl groups excluding tert-OH is 3. The summed E-state index contributed by atoms with van der Waals surface area (Å²) in [6.45, 7) is 4.41. The highest BCUT2D eigenvalue weighted by atomic mass is 16.5. The monoisotopic (exact) mass is 469 g/mol. The molecule has 0 saturated carbocycles. The molecular weight excluding hydrogens is 438 g/mol. The van der Waals surface area contributed by atoms with E-state index in [2.05, 4.69) is 4.90 Å². The molecule has 1 aliphatic rings. The van der Waals surface area contributed by atoms with E-state index in [0.717, 1.165) is 16.8 Å². The van der Waals surface area contributed by atoms with Crippen LogP contribution in [0.5, 0.6) is 5.75 Å². The van der Waals surface area contributed by atoms with Crippen LogP contribution in [0, 0.1) is 0 Å². The van der Waals surface area contributed by atoms with E-state index in [1.165, 1.54) is 0 Å². The predicted molar refractivity (Wildman–Crippen MR) is 129 cm³/mol. The van der Waals surface area contributed by atoms with Gasteiger partial charge >= 0.3 is 0 Å². The van der Waals surface area contributed by atoms with Crippen LogP contribution in [0.4, 0.5) is 11.8 Å². The van der Waals surface area contributed by atoms with Gasteiger partial charge in [-0.05, 0) is 37.3 Å². The first-order valence-electron chi connectivity index (χ1n) is 11.4. The Balaban J connectivity index is 1.85. The quantitative estimate of drug-likeness (QED) is 0.421. The first-order chi connectivity index (χ1) is 16.6. The van der Waals surface area contributed by atoms with Crippen molar-refractivity contribution in [1.29, 1.82) is 0 Å². The van der Waals surface area contributed by atoms with Crippen molar-refractivity contribution in [2.24, 2.45) is 0 Å². The van der Waals surface area contributed by atoms with E-state index in [1.807, 2.05) is 37.3 Å². The molecule has 1 unspecified atom stereocenters. The van der Waals surface area contributed by atoms with Crippen LogP contribution in [0.2, 0.25) is 0 Å². The van der Waals surface area contributed by atoms with Crippen molar-refractivity contribution in [1.82, 2.24) is 15.0 Å². The molecule has 4 rings (SSSR count). The molecule has 0 aliphatic carbocycles. The maximum atomic E-state index is 9.76. The lowest BCUT2D eigenvalue weighted by molar-refractivity contribution is 0.122. The molecule has 3 N–H and O–H groups in total. The van der Waals surface area contributed by atoms with Crippen molar-refractivity contribution in [3.05, 3.63) is 35.9 Å². The Morgan fingerprint density at radius 1 is 1.09 bits per heavy atom. The zero-order valence-corrected chi connectivity index (χ0v) is 19.5. The number of ether oxygens (including phenoxy) is 2. The second-order valence-electron chi connectivity index (χ2n) is 8.15. The minimum atomic E-state index is -0.279. The first-order valence-corrected chi connectivity index (χ1v) is 11.4. The molecule has 0 spiro atoms. The average Bonchev–Trinajstić information content (AvgIpc) is 2.90. The Kier molecular flexibility index (Phi) is 7.73. The van der Waals surface area contributed by atoms with Crippen LogP contribution < -0.4 is 14.5 Å². The topological polar surface area (TPSA) is 124 Å². The van der Waals surface area contributed by atoms with Gasteiger partial charge in [-0.15, -0.1) is 0 Å². The number of morpholine rings is 1. The number of benzene rings is 1. The molecule has 0 bridgehead atoms. The fraction of sp³-hybridized carbons (Fsp3) is 0.458. The molecule has 0 amide bonds. The SMILES string of the molecule is COc1ccc(-c2ccc3c(N4CCOCC4)nc(N(CCO)C(C)CO)nc3n2)cc1CO. The van der Waals surface area contributed by atoms with E-state index in [-0.39, 0.29) is 32.4 Å². The molecular formula is C24H31N5O5. The van der Waals surface area contributed by atoms with Crippen molar-refractivity contribution in [2.45, 2.75) is 19.6 Å². The summed E-state index contributed by atoms with van der Waals surface area (Å²) in [6.07, 6.45) is 0. The van der Waals surface area contributed by atoms with Crippen molar-refractivity contribution in [3.8, 4) is 17.0 Å². The van der Waals surface area contributed by atoms with Crippen molar-refractivity contribution >= 4 is 22.8 Å². The lowest BCUT2D eigenvalue weighted by atomic mass is 10.1. The first kappa shape index (κ1) is 24.1. The van der Waals surface area contributed by atoms with E-state index >= 15 is 0 Å². The van der Waals surface area contributed by atoms with Gasteiger partial charge in [0.15, 0.2) is 5.65 Å². The fourth-order valence-electron chi connectivity index (χ4n) is 4.07. The Hall–Kier alpha value is -3.05. The molecule has 0 radical (unpaired) electrons. The fourth-order valence-corrected chi connectivity index (χ4v) is 4.07. The molecule has 34 heavy (non-hydrogen) atoms. The maximum Gasteiger partial charge on any atom is 0.229 e. The largest absolute Gasteiger partial charge is 0.496 e. The zero-order chi connectivity index (χ0) is 24.1. The Morgan fingerprint density at radius 2 is 1.88 bits per heavy atom. The summed E-state index contributed by atoms with van der Waals surface area (Å²) >= 11 is 0. The summed E-state index contributed by atoms with van der Waals surface area (Å²) in [7, 11) is 1.57. The molecule has 10 heteroatoms. The van der Waals surface area contributed by atoms with E-state index in [1.54, 1.807) is 12.0 Å². The van der Waals surface area contributed by atoms with Gasteiger partial charge < -0.3 is 34.6 Å². The van der Waals surface area contributed by atoms with E-state index in [4.69, 9.17) is 24.4 Å². The van der Waals surface area contributed by atoms with Crippen LogP contribution in [-0.4, -0.2) is 89.5 Å². The summed E-state index contributed by atoms with van der Waals surface area (Å²) in [4.78, 5) is 18.3. The number of methoxy groups -OCH3 is 1. The van der Waals surface area contributed by atoms with Crippen LogP contribution in [0.15, 0.2) is 30.3 Å². The minimum absolute atomic E-state index is 0.0954. The summed E-state index contributed by atoms with van der Waals surface area (Å²) in [6, 6.07) is 9.15. The van der Waals surface area contributed by atoms with E-state index in [0.29, 0.717) is 54.9 Å². The van der Waals surface area contributed by atoms with Crippen LogP contribution in [0.3, 0.4) is 0 Å². The van der Waals surface area contributed by atoms with Crippen molar-refractivity contribution < 1.29 is 24.8 Å². The maximum absolute atomic E-state index is 9.76. The molecule has 1 aliphatic heterocycles. The summed E-state index contributed by atoms with van der Waals surface area (Å²) in [5.41, 5.74) is 2.71. The molecule has 3 aromatic rings. The highest BCUT2D eigenvalue weighted by molar-refractivity contribution is 5.90. The number of aromatic nitrogens is 3. The van der Waals surface area contributed by atoms with Crippen molar-refractivity contribution in [3.63, 3.8) is 0 Å². The summed E-state index contributed by atoms with van der Waals surface area (Å²) < 4.78 is 10.8. The third-order valence-corrected chi connectivity index (χ3v) is 5.98. The number of hydrogen-bond acceptors (Lipinski definition) is 10. The molecule has 1 fully saturated rings.